The molecule has 2 N–H and O–H groups in total. The molecule has 1 aliphatic carbocycles. The minimum Gasteiger partial charge on any atom is -0.350 e. The molecule has 0 spiro atoms. The summed E-state index contributed by atoms with van der Waals surface area (Å²) < 4.78 is 2.05. The second kappa shape index (κ2) is 3.87. The average Bonchev–Trinajstić information content (AvgIpc) is 2.98. The third-order valence-corrected chi connectivity index (χ3v) is 3.22. The lowest BCUT2D eigenvalue weighted by Gasteiger charge is -2.05. The molecule has 1 aliphatic rings. The summed E-state index contributed by atoms with van der Waals surface area (Å²) in [5.74, 6) is 2.54. The Morgan fingerprint density at radius 3 is 2.94 bits per heavy atom. The molecule has 17 heavy (non-hydrogen) atoms. The lowest BCUT2D eigenvalue weighted by Crippen LogP contribution is -2.06. The van der Waals surface area contributed by atoms with Crippen LogP contribution in [0.2, 0.25) is 0 Å². The minimum absolute atomic E-state index is 0.624. The summed E-state index contributed by atoms with van der Waals surface area (Å²) in [6.45, 7) is 2.73. The van der Waals surface area contributed by atoms with Gasteiger partial charge in [0.1, 0.15) is 5.82 Å². The molecule has 2 aromatic heterocycles. The van der Waals surface area contributed by atoms with Gasteiger partial charge in [0.05, 0.1) is 6.20 Å². The first-order chi connectivity index (χ1) is 8.25. The second-order valence-corrected chi connectivity index (χ2v) is 4.59. The number of anilines is 1. The van der Waals surface area contributed by atoms with Crippen LogP contribution >= 0.6 is 0 Å². The highest BCUT2D eigenvalue weighted by Gasteiger charge is 2.29. The van der Waals surface area contributed by atoms with Gasteiger partial charge in [-0.15, -0.1) is 10.2 Å². The molecule has 0 aliphatic heterocycles. The molecule has 0 saturated heterocycles. The molecule has 1 saturated carbocycles. The summed E-state index contributed by atoms with van der Waals surface area (Å²) >= 11 is 0. The van der Waals surface area contributed by atoms with Crippen molar-refractivity contribution in [3.8, 4) is 0 Å². The van der Waals surface area contributed by atoms with Crippen molar-refractivity contribution in [2.45, 2.75) is 32.2 Å². The monoisotopic (exact) mass is 232 g/mol. The second-order valence-electron chi connectivity index (χ2n) is 4.59. The van der Waals surface area contributed by atoms with Gasteiger partial charge < -0.3 is 9.88 Å². The van der Waals surface area contributed by atoms with E-state index in [1.54, 1.807) is 0 Å². The summed E-state index contributed by atoms with van der Waals surface area (Å²) in [4.78, 5) is 0. The first-order valence-electron chi connectivity index (χ1n) is 5.87. The number of aromatic amines is 1. The van der Waals surface area contributed by atoms with Gasteiger partial charge >= 0.3 is 0 Å². The standard InChI is InChI=1S/C11H16N6/c1-7-9(6-13-14-7)5-12-11-16-15-10(17(11)2)8-3-4-8/h6,8H,3-5H2,1-2H3,(H,12,16)(H,13,14). The molecule has 0 bridgehead atoms. The third kappa shape index (κ3) is 1.90. The first kappa shape index (κ1) is 10.3. The highest BCUT2D eigenvalue weighted by molar-refractivity contribution is 5.30. The van der Waals surface area contributed by atoms with Crippen LogP contribution in [0.5, 0.6) is 0 Å². The Morgan fingerprint density at radius 2 is 2.29 bits per heavy atom. The van der Waals surface area contributed by atoms with Gasteiger partial charge in [0.15, 0.2) is 0 Å². The normalized spacial score (nSPS) is 15.2. The van der Waals surface area contributed by atoms with Crippen molar-refractivity contribution in [2.24, 2.45) is 7.05 Å². The molecule has 6 nitrogen and oxygen atoms in total. The van der Waals surface area contributed by atoms with Gasteiger partial charge in [0.2, 0.25) is 5.95 Å². The fourth-order valence-corrected chi connectivity index (χ4v) is 1.92. The molecule has 0 atom stereocenters. The van der Waals surface area contributed by atoms with Crippen LogP contribution in [-0.2, 0) is 13.6 Å². The number of nitrogens with one attached hydrogen (secondary N) is 2. The van der Waals surface area contributed by atoms with E-state index < -0.39 is 0 Å². The predicted molar refractivity (Wildman–Crippen MR) is 63.6 cm³/mol. The van der Waals surface area contributed by atoms with E-state index in [1.807, 2.05) is 24.7 Å². The van der Waals surface area contributed by atoms with Gasteiger partial charge in [-0.1, -0.05) is 0 Å². The molecule has 2 aromatic rings. The van der Waals surface area contributed by atoms with E-state index >= 15 is 0 Å². The number of H-pyrrole nitrogens is 1. The van der Waals surface area contributed by atoms with Gasteiger partial charge in [-0.05, 0) is 19.8 Å². The molecule has 6 heteroatoms. The van der Waals surface area contributed by atoms with E-state index in [0.29, 0.717) is 5.92 Å². The molecule has 0 radical (unpaired) electrons. The maximum atomic E-state index is 4.23. The number of hydrogen-bond donors (Lipinski definition) is 2. The fraction of sp³-hybridized carbons (Fsp3) is 0.545. The largest absolute Gasteiger partial charge is 0.350 e. The number of nitrogens with zero attached hydrogens (tertiary/aromatic N) is 4. The number of rotatable bonds is 4. The van der Waals surface area contributed by atoms with Crippen LogP contribution in [0.15, 0.2) is 6.20 Å². The van der Waals surface area contributed by atoms with Crippen LogP contribution in [0.25, 0.3) is 0 Å². The van der Waals surface area contributed by atoms with E-state index in [9.17, 15) is 0 Å². The zero-order valence-electron chi connectivity index (χ0n) is 10.1. The first-order valence-corrected chi connectivity index (χ1v) is 5.87. The third-order valence-electron chi connectivity index (χ3n) is 3.22. The molecule has 3 rings (SSSR count). The summed E-state index contributed by atoms with van der Waals surface area (Å²) in [7, 11) is 2.01. The Morgan fingerprint density at radius 1 is 1.47 bits per heavy atom. The van der Waals surface area contributed by atoms with Crippen molar-refractivity contribution in [3.05, 3.63) is 23.3 Å². The van der Waals surface area contributed by atoms with Gasteiger partial charge in [0, 0.05) is 30.8 Å². The van der Waals surface area contributed by atoms with E-state index in [0.717, 1.165) is 29.6 Å². The minimum atomic E-state index is 0.624. The van der Waals surface area contributed by atoms with Crippen molar-refractivity contribution >= 4 is 5.95 Å². The molecular weight excluding hydrogens is 216 g/mol. The predicted octanol–water partition coefficient (Wildman–Crippen LogP) is 1.34. The molecule has 2 heterocycles. The Kier molecular flexibility index (Phi) is 2.35. The maximum absolute atomic E-state index is 4.23. The zero-order valence-corrected chi connectivity index (χ0v) is 10.1. The molecule has 0 aromatic carbocycles. The van der Waals surface area contributed by atoms with Gasteiger partial charge in [-0.3, -0.25) is 5.10 Å². The molecule has 90 valence electrons. The quantitative estimate of drug-likeness (QED) is 0.834. The van der Waals surface area contributed by atoms with Gasteiger partial charge in [0.25, 0.3) is 0 Å². The maximum Gasteiger partial charge on any atom is 0.224 e. The van der Waals surface area contributed by atoms with Crippen LogP contribution in [0, 0.1) is 6.92 Å². The summed E-state index contributed by atoms with van der Waals surface area (Å²) in [6, 6.07) is 0. The number of aromatic nitrogens is 5. The zero-order chi connectivity index (χ0) is 11.8. The van der Waals surface area contributed by atoms with Crippen molar-refractivity contribution in [1.29, 1.82) is 0 Å². The SMILES string of the molecule is Cc1[nH]ncc1CNc1nnc(C2CC2)n1C. The molecule has 0 amide bonds. The Hall–Kier alpha value is -1.85. The lowest BCUT2D eigenvalue weighted by atomic mass is 10.3. The van der Waals surface area contributed by atoms with Crippen molar-refractivity contribution in [3.63, 3.8) is 0 Å². The van der Waals surface area contributed by atoms with E-state index in [2.05, 4.69) is 25.7 Å². The van der Waals surface area contributed by atoms with Crippen LogP contribution in [-0.4, -0.2) is 25.0 Å². The molecule has 0 unspecified atom stereocenters. The lowest BCUT2D eigenvalue weighted by molar-refractivity contribution is 0.798. The van der Waals surface area contributed by atoms with Crippen LogP contribution in [0.4, 0.5) is 5.95 Å². The Labute approximate surface area is 99.4 Å². The highest BCUT2D eigenvalue weighted by Crippen LogP contribution is 2.39. The summed E-state index contributed by atoms with van der Waals surface area (Å²) in [5.41, 5.74) is 2.24. The van der Waals surface area contributed by atoms with Crippen molar-refractivity contribution in [2.75, 3.05) is 5.32 Å². The van der Waals surface area contributed by atoms with Crippen LogP contribution in [0.3, 0.4) is 0 Å². The van der Waals surface area contributed by atoms with Crippen LogP contribution in [0.1, 0.15) is 35.8 Å². The van der Waals surface area contributed by atoms with Gasteiger partial charge in [-0.25, -0.2) is 0 Å². The smallest absolute Gasteiger partial charge is 0.224 e. The number of aryl methyl sites for hydroxylation is 1. The van der Waals surface area contributed by atoms with Crippen molar-refractivity contribution < 1.29 is 0 Å². The number of hydrogen-bond acceptors (Lipinski definition) is 4. The highest BCUT2D eigenvalue weighted by atomic mass is 15.3. The summed E-state index contributed by atoms with van der Waals surface area (Å²) in [6.07, 6.45) is 4.32. The fourth-order valence-electron chi connectivity index (χ4n) is 1.92. The van der Waals surface area contributed by atoms with Gasteiger partial charge in [-0.2, -0.15) is 5.10 Å². The average molecular weight is 232 g/mol. The molecule has 1 fully saturated rings. The van der Waals surface area contributed by atoms with E-state index in [1.165, 1.54) is 12.8 Å². The summed E-state index contributed by atoms with van der Waals surface area (Å²) in [5, 5.41) is 18.6. The van der Waals surface area contributed by atoms with Crippen LogP contribution < -0.4 is 5.32 Å². The van der Waals surface area contributed by atoms with Crippen molar-refractivity contribution in [1.82, 2.24) is 25.0 Å². The van der Waals surface area contributed by atoms with E-state index in [4.69, 9.17) is 0 Å². The van der Waals surface area contributed by atoms with E-state index in [-0.39, 0.29) is 0 Å². The molecular formula is C11H16N6. The topological polar surface area (TPSA) is 71.4 Å². The Balaban J connectivity index is 1.71. The Bertz CT molecular complexity index is 522.